The first-order valence-electron chi connectivity index (χ1n) is 19.4. The van der Waals surface area contributed by atoms with Crippen molar-refractivity contribution in [2.75, 3.05) is 37.7 Å². The van der Waals surface area contributed by atoms with E-state index < -0.39 is 15.8 Å². The number of rotatable bonds is 7. The van der Waals surface area contributed by atoms with Crippen LogP contribution in [0.25, 0.3) is 5.57 Å². The summed E-state index contributed by atoms with van der Waals surface area (Å²) < 4.78 is 24.0. The Labute approximate surface area is 314 Å². The van der Waals surface area contributed by atoms with Gasteiger partial charge >= 0.3 is 5.97 Å². The first-order valence-corrected chi connectivity index (χ1v) is 21.2. The van der Waals surface area contributed by atoms with Gasteiger partial charge in [-0.15, -0.1) is 12.4 Å². The molecule has 1 aliphatic heterocycles. The summed E-state index contributed by atoms with van der Waals surface area (Å²) in [5.74, 6) is 2.83. The number of aromatic carboxylic acids is 1. The minimum atomic E-state index is -2.86. The molecule has 4 N–H and O–H groups in total. The van der Waals surface area contributed by atoms with E-state index in [1.54, 1.807) is 12.1 Å². The molecule has 0 unspecified atom stereocenters. The van der Waals surface area contributed by atoms with E-state index in [0.29, 0.717) is 59.7 Å². The first-order chi connectivity index (χ1) is 23.0. The van der Waals surface area contributed by atoms with Gasteiger partial charge in [-0.25, -0.2) is 13.2 Å². The largest absolute Gasteiger partial charge is 0.478 e. The van der Waals surface area contributed by atoms with Gasteiger partial charge in [-0.1, -0.05) is 65.0 Å². The number of halogens is 1. The fourth-order valence-electron chi connectivity index (χ4n) is 13.8. The molecule has 286 valence electrons. The van der Waals surface area contributed by atoms with Gasteiger partial charge in [-0.3, -0.25) is 0 Å². The molecule has 1 saturated heterocycles. The minimum Gasteiger partial charge on any atom is -0.478 e. The van der Waals surface area contributed by atoms with Crippen LogP contribution in [0.5, 0.6) is 0 Å². The SMILES string of the molecule is C=C(C)[C@@H]1CC[C@]2(NCCN3CCS(=O)(=O)CC3)CC[C@]3(C)[C@H](CC[C@@H]4[C@@]5(C)CC=C(c6ccc(C(=O)O)cc6)C(C)(C)[C@@H]5CC[C@]43C)[C@@H]12.Cl.O. The van der Waals surface area contributed by atoms with Crippen LogP contribution in [-0.2, 0) is 9.84 Å². The van der Waals surface area contributed by atoms with Gasteiger partial charge in [0.15, 0.2) is 9.84 Å². The molecule has 9 atom stereocenters. The van der Waals surface area contributed by atoms with Crippen LogP contribution in [0.4, 0.5) is 0 Å². The Morgan fingerprint density at radius 1 is 0.922 bits per heavy atom. The van der Waals surface area contributed by atoms with E-state index in [2.05, 4.69) is 64.4 Å². The highest BCUT2D eigenvalue weighted by molar-refractivity contribution is 7.91. The van der Waals surface area contributed by atoms with Gasteiger partial charge < -0.3 is 20.8 Å². The van der Waals surface area contributed by atoms with E-state index in [1.807, 2.05) is 12.1 Å². The number of fused-ring (bicyclic) bond motifs is 7. The van der Waals surface area contributed by atoms with Crippen LogP contribution in [0, 0.1) is 51.2 Å². The van der Waals surface area contributed by atoms with Crippen molar-refractivity contribution in [1.29, 1.82) is 0 Å². The smallest absolute Gasteiger partial charge is 0.335 e. The van der Waals surface area contributed by atoms with E-state index in [0.717, 1.165) is 19.5 Å². The van der Waals surface area contributed by atoms with Crippen molar-refractivity contribution in [3.8, 4) is 0 Å². The van der Waals surface area contributed by atoms with E-state index in [-0.39, 0.29) is 45.1 Å². The number of nitrogens with one attached hydrogen (secondary N) is 1. The molecule has 7 rings (SSSR count). The molecular weight excluding hydrogens is 680 g/mol. The second kappa shape index (κ2) is 13.9. The van der Waals surface area contributed by atoms with Crippen LogP contribution in [0.1, 0.15) is 115 Å². The van der Waals surface area contributed by atoms with E-state index in [1.165, 1.54) is 68.1 Å². The fraction of sp³-hybridized carbons (Fsp3) is 0.738. The number of sulfone groups is 1. The number of carboxylic acid groups (broad SMARTS) is 1. The molecule has 5 aliphatic carbocycles. The van der Waals surface area contributed by atoms with Gasteiger partial charge in [0.25, 0.3) is 0 Å². The van der Waals surface area contributed by atoms with Crippen LogP contribution < -0.4 is 5.32 Å². The number of allylic oxidation sites excluding steroid dienone is 3. The summed E-state index contributed by atoms with van der Waals surface area (Å²) in [5.41, 5.74) is 5.23. The van der Waals surface area contributed by atoms with Gasteiger partial charge in [0, 0.05) is 31.7 Å². The monoisotopic (exact) mass is 744 g/mol. The van der Waals surface area contributed by atoms with Gasteiger partial charge in [0.1, 0.15) is 0 Å². The molecule has 1 aromatic carbocycles. The molecule has 1 heterocycles. The van der Waals surface area contributed by atoms with E-state index in [9.17, 15) is 18.3 Å². The summed E-state index contributed by atoms with van der Waals surface area (Å²) in [5, 5.41) is 13.7. The fourth-order valence-corrected chi connectivity index (χ4v) is 15.1. The molecule has 51 heavy (non-hydrogen) atoms. The zero-order chi connectivity index (χ0) is 35.2. The van der Waals surface area contributed by atoms with Crippen LogP contribution >= 0.6 is 12.4 Å². The van der Waals surface area contributed by atoms with Crippen molar-refractivity contribution >= 4 is 33.8 Å². The highest BCUT2D eigenvalue weighted by Crippen LogP contribution is 2.76. The molecule has 0 aromatic heterocycles. The predicted molar refractivity (Wildman–Crippen MR) is 210 cm³/mol. The number of carbonyl (C=O) groups is 1. The molecule has 0 bridgehead atoms. The lowest BCUT2D eigenvalue weighted by atomic mass is 9.33. The molecule has 7 nitrogen and oxygen atoms in total. The Kier molecular flexibility index (Phi) is 11.0. The maximum absolute atomic E-state index is 12.0. The molecule has 1 aromatic rings. The summed E-state index contributed by atoms with van der Waals surface area (Å²) in [6, 6.07) is 7.58. The van der Waals surface area contributed by atoms with Gasteiger partial charge in [0.05, 0.1) is 17.1 Å². The third-order valence-corrected chi connectivity index (χ3v) is 18.0. The maximum atomic E-state index is 12.0. The van der Waals surface area contributed by atoms with Crippen LogP contribution in [0.15, 0.2) is 42.5 Å². The second-order valence-electron chi connectivity index (χ2n) is 18.7. The van der Waals surface area contributed by atoms with Crippen LogP contribution in [0.3, 0.4) is 0 Å². The lowest BCUT2D eigenvalue weighted by Gasteiger charge is -2.72. The number of nitrogens with zero attached hydrogens (tertiary/aromatic N) is 1. The summed E-state index contributed by atoms with van der Waals surface area (Å²) >= 11 is 0. The zero-order valence-corrected chi connectivity index (χ0v) is 33.7. The average Bonchev–Trinajstić information content (AvgIpc) is 3.42. The van der Waals surface area contributed by atoms with Crippen molar-refractivity contribution in [2.45, 2.75) is 105 Å². The summed E-state index contributed by atoms with van der Waals surface area (Å²) in [7, 11) is -2.86. The first kappa shape index (κ1) is 40.5. The maximum Gasteiger partial charge on any atom is 0.335 e. The number of hydrogen-bond acceptors (Lipinski definition) is 5. The third-order valence-electron chi connectivity index (χ3n) is 16.4. The number of hydrogen-bond donors (Lipinski definition) is 2. The molecule has 0 spiro atoms. The Bertz CT molecular complexity index is 1630. The Morgan fingerprint density at radius 3 is 2.22 bits per heavy atom. The van der Waals surface area contributed by atoms with Crippen LogP contribution in [-0.4, -0.2) is 73.1 Å². The topological polar surface area (TPSA) is 118 Å². The van der Waals surface area contributed by atoms with Gasteiger partial charge in [-0.05, 0) is 139 Å². The highest BCUT2D eigenvalue weighted by atomic mass is 35.5. The molecule has 0 amide bonds. The lowest BCUT2D eigenvalue weighted by Crippen LogP contribution is -2.68. The molecule has 4 saturated carbocycles. The third kappa shape index (κ3) is 6.29. The highest BCUT2D eigenvalue weighted by Gasteiger charge is 2.70. The van der Waals surface area contributed by atoms with Crippen molar-refractivity contribution in [2.24, 2.45) is 51.2 Å². The van der Waals surface area contributed by atoms with Gasteiger partial charge in [0.2, 0.25) is 0 Å². The number of benzene rings is 1. The number of carboxylic acids is 1. The second-order valence-corrected chi connectivity index (χ2v) is 21.0. The molecule has 0 radical (unpaired) electrons. The molecular formula is C42H65ClN2O5S. The Balaban J connectivity index is 0.00000252. The quantitative estimate of drug-likeness (QED) is 0.276. The van der Waals surface area contributed by atoms with Crippen molar-refractivity contribution in [1.82, 2.24) is 10.2 Å². The van der Waals surface area contributed by atoms with E-state index >= 15 is 0 Å². The zero-order valence-electron chi connectivity index (χ0n) is 32.0. The normalized spacial score (nSPS) is 40.9. The lowest BCUT2D eigenvalue weighted by molar-refractivity contribution is -0.219. The van der Waals surface area contributed by atoms with Crippen molar-refractivity contribution in [3.63, 3.8) is 0 Å². The molecule has 5 fully saturated rings. The predicted octanol–water partition coefficient (Wildman–Crippen LogP) is 7.71. The summed E-state index contributed by atoms with van der Waals surface area (Å²) in [6.45, 7) is 23.0. The minimum absolute atomic E-state index is 0. The molecule has 9 heteroatoms. The Hall–Kier alpha value is -1.71. The van der Waals surface area contributed by atoms with Crippen molar-refractivity contribution in [3.05, 3.63) is 53.6 Å². The molecule has 6 aliphatic rings. The van der Waals surface area contributed by atoms with Crippen molar-refractivity contribution < 1.29 is 23.8 Å². The standard InChI is InChI=1S/C42H62N2O4S.ClH.H2O/c1-28(2)31-14-19-42(43-22-23-44-24-26-49(47,48)27-25-44)21-20-40(6)33(36(31)42)12-13-35-39(5)17-15-32(29-8-10-30(11-9-29)37(45)46)38(3,4)34(39)16-18-41(35,40)7;;/h8-11,15,31,33-36,43H,1,12-14,16-27H2,2-7H3,(H,45,46);1H;1H2/t31-,33+,34-,35+,36+,39-,40+,41+,42-;;/m0../s1. The van der Waals surface area contributed by atoms with E-state index in [4.69, 9.17) is 0 Å². The average molecular weight is 746 g/mol. The summed E-state index contributed by atoms with van der Waals surface area (Å²) in [6.07, 6.45) is 13.7. The van der Waals surface area contributed by atoms with Crippen LogP contribution in [0.2, 0.25) is 0 Å². The summed E-state index contributed by atoms with van der Waals surface area (Å²) in [4.78, 5) is 13.9. The Morgan fingerprint density at radius 2 is 1.59 bits per heavy atom. The van der Waals surface area contributed by atoms with Gasteiger partial charge in [-0.2, -0.15) is 0 Å².